The molecule has 0 saturated heterocycles. The SMILES string of the molecule is C=CC[N+](C)(C)CC/C=C1/c2ccccc2Sc2ccc(C)cc21.[Br-]. The van der Waals surface area contributed by atoms with E-state index in [1.54, 1.807) is 0 Å². The lowest BCUT2D eigenvalue weighted by Gasteiger charge is -2.28. The minimum atomic E-state index is 0. The minimum absolute atomic E-state index is 0. The Hall–Kier alpha value is -1.29. The number of hydrogen-bond acceptors (Lipinski definition) is 1. The van der Waals surface area contributed by atoms with E-state index in [1.165, 1.54) is 32.1 Å². The van der Waals surface area contributed by atoms with Gasteiger partial charge in [-0.2, -0.15) is 0 Å². The quantitative estimate of drug-likeness (QED) is 0.455. The second kappa shape index (κ2) is 8.39. The van der Waals surface area contributed by atoms with Crippen molar-refractivity contribution in [3.05, 3.63) is 77.9 Å². The van der Waals surface area contributed by atoms with Crippen molar-refractivity contribution in [2.24, 2.45) is 0 Å². The largest absolute Gasteiger partial charge is 1.00 e. The first kappa shape index (κ1) is 20.0. The highest BCUT2D eigenvalue weighted by molar-refractivity contribution is 7.99. The summed E-state index contributed by atoms with van der Waals surface area (Å²) < 4.78 is 0.977. The second-order valence-electron chi connectivity index (χ2n) is 7.13. The van der Waals surface area contributed by atoms with Crippen LogP contribution in [-0.4, -0.2) is 31.7 Å². The van der Waals surface area contributed by atoms with Gasteiger partial charge >= 0.3 is 0 Å². The van der Waals surface area contributed by atoms with Crippen molar-refractivity contribution >= 4 is 17.3 Å². The van der Waals surface area contributed by atoms with Crippen LogP contribution in [0.1, 0.15) is 23.1 Å². The summed E-state index contributed by atoms with van der Waals surface area (Å²) in [6.45, 7) is 8.18. The lowest BCUT2D eigenvalue weighted by molar-refractivity contribution is -0.884. The van der Waals surface area contributed by atoms with Gasteiger partial charge in [-0.25, -0.2) is 0 Å². The van der Waals surface area contributed by atoms with Gasteiger partial charge in [0.25, 0.3) is 0 Å². The normalized spacial score (nSPS) is 14.4. The zero-order valence-corrected chi connectivity index (χ0v) is 17.7. The summed E-state index contributed by atoms with van der Waals surface area (Å²) in [5.41, 5.74) is 5.46. The molecule has 3 rings (SSSR count). The van der Waals surface area contributed by atoms with Crippen molar-refractivity contribution in [3.8, 4) is 0 Å². The Balaban J connectivity index is 0.00000225. The molecule has 1 nitrogen and oxygen atoms in total. The predicted octanol–water partition coefficient (Wildman–Crippen LogP) is 2.55. The van der Waals surface area contributed by atoms with Gasteiger partial charge in [0.15, 0.2) is 0 Å². The molecule has 2 aromatic carbocycles. The average molecular weight is 416 g/mol. The van der Waals surface area contributed by atoms with E-state index in [-0.39, 0.29) is 17.0 Å². The summed E-state index contributed by atoms with van der Waals surface area (Å²) in [7, 11) is 4.53. The van der Waals surface area contributed by atoms with Gasteiger partial charge in [-0.15, -0.1) is 0 Å². The number of aryl methyl sites for hydroxylation is 1. The number of hydrogen-bond donors (Lipinski definition) is 0. The summed E-state index contributed by atoms with van der Waals surface area (Å²) in [4.78, 5) is 2.73. The highest BCUT2D eigenvalue weighted by Gasteiger charge is 2.21. The van der Waals surface area contributed by atoms with E-state index in [0.717, 1.165) is 24.0 Å². The zero-order valence-electron chi connectivity index (χ0n) is 15.3. The topological polar surface area (TPSA) is 0 Å². The third kappa shape index (κ3) is 4.66. The smallest absolute Gasteiger partial charge is 0.0967 e. The number of fused-ring (bicyclic) bond motifs is 2. The fraction of sp³-hybridized carbons (Fsp3) is 0.273. The standard InChI is InChI=1S/C22H26NS.BrH/c1-5-14-23(3,4)15-8-10-18-19-9-6-7-11-21(19)24-22-13-12-17(2)16-20(18)22;/h5-7,9-13,16H,1,8,14-15H2,2-4H3;1H/q+1;/p-1/b18-10-;. The molecule has 0 fully saturated rings. The first-order valence-electron chi connectivity index (χ1n) is 8.51. The van der Waals surface area contributed by atoms with E-state index in [2.05, 4.69) is 76.1 Å². The van der Waals surface area contributed by atoms with Crippen LogP contribution in [0.3, 0.4) is 0 Å². The van der Waals surface area contributed by atoms with Gasteiger partial charge < -0.3 is 21.5 Å². The Morgan fingerprint density at radius 2 is 1.76 bits per heavy atom. The Labute approximate surface area is 166 Å². The van der Waals surface area contributed by atoms with Crippen LogP contribution in [0.5, 0.6) is 0 Å². The lowest BCUT2D eigenvalue weighted by Crippen LogP contribution is -3.00. The summed E-state index contributed by atoms with van der Waals surface area (Å²) >= 11 is 1.88. The van der Waals surface area contributed by atoms with Crippen LogP contribution in [0.25, 0.3) is 5.57 Å². The molecule has 132 valence electrons. The fourth-order valence-corrected chi connectivity index (χ4v) is 4.29. The maximum Gasteiger partial charge on any atom is 0.0967 e. The first-order chi connectivity index (χ1) is 11.5. The van der Waals surface area contributed by atoms with Crippen LogP contribution < -0.4 is 17.0 Å². The number of benzene rings is 2. The molecule has 2 aromatic rings. The highest BCUT2D eigenvalue weighted by atomic mass is 79.9. The van der Waals surface area contributed by atoms with Crippen LogP contribution in [-0.2, 0) is 0 Å². The third-order valence-corrected chi connectivity index (χ3v) is 5.68. The molecule has 0 N–H and O–H groups in total. The van der Waals surface area contributed by atoms with Gasteiger partial charge in [-0.05, 0) is 41.8 Å². The van der Waals surface area contributed by atoms with E-state index < -0.39 is 0 Å². The van der Waals surface area contributed by atoms with Gasteiger partial charge in [0.2, 0.25) is 0 Å². The molecule has 1 aliphatic heterocycles. The van der Waals surface area contributed by atoms with Crippen molar-refractivity contribution in [1.82, 2.24) is 0 Å². The number of rotatable bonds is 5. The van der Waals surface area contributed by atoms with Gasteiger partial charge in [0.1, 0.15) is 0 Å². The molecule has 1 heterocycles. The average Bonchev–Trinajstić information content (AvgIpc) is 2.54. The number of nitrogens with zero attached hydrogens (tertiary/aromatic N) is 1. The summed E-state index contributed by atoms with van der Waals surface area (Å²) in [6.07, 6.45) is 5.51. The number of halogens is 1. The monoisotopic (exact) mass is 415 g/mol. The molecular formula is C22H26BrNS. The third-order valence-electron chi connectivity index (χ3n) is 4.53. The molecular weight excluding hydrogens is 390 g/mol. The second-order valence-corrected chi connectivity index (χ2v) is 8.22. The molecule has 25 heavy (non-hydrogen) atoms. The van der Waals surface area contributed by atoms with Crippen LogP contribution in [0.4, 0.5) is 0 Å². The minimum Gasteiger partial charge on any atom is -1.00 e. The lowest BCUT2D eigenvalue weighted by atomic mass is 9.95. The van der Waals surface area contributed by atoms with Crippen LogP contribution in [0.15, 0.2) is 71.0 Å². The van der Waals surface area contributed by atoms with Gasteiger partial charge in [0.05, 0.1) is 27.2 Å². The van der Waals surface area contributed by atoms with E-state index in [0.29, 0.717) is 0 Å². The van der Waals surface area contributed by atoms with Crippen LogP contribution in [0.2, 0.25) is 0 Å². The Kier molecular flexibility index (Phi) is 6.72. The van der Waals surface area contributed by atoms with E-state index >= 15 is 0 Å². The highest BCUT2D eigenvalue weighted by Crippen LogP contribution is 2.45. The molecule has 0 spiro atoms. The molecule has 0 radical (unpaired) electrons. The van der Waals surface area contributed by atoms with E-state index in [4.69, 9.17) is 0 Å². The predicted molar refractivity (Wildman–Crippen MR) is 105 cm³/mol. The molecule has 0 aromatic heterocycles. The summed E-state index contributed by atoms with van der Waals surface area (Å²) in [6, 6.07) is 15.6. The van der Waals surface area contributed by atoms with Crippen LogP contribution in [0, 0.1) is 6.92 Å². The molecule has 0 aliphatic carbocycles. The van der Waals surface area contributed by atoms with Crippen molar-refractivity contribution in [2.45, 2.75) is 23.1 Å². The number of likely N-dealkylation sites (N-methyl/N-ethyl adjacent to an activating group) is 1. The molecule has 0 saturated carbocycles. The fourth-order valence-electron chi connectivity index (χ4n) is 3.20. The summed E-state index contributed by atoms with van der Waals surface area (Å²) in [5.74, 6) is 0. The van der Waals surface area contributed by atoms with Gasteiger partial charge in [-0.3, -0.25) is 0 Å². The van der Waals surface area contributed by atoms with Gasteiger partial charge in [0, 0.05) is 16.2 Å². The van der Waals surface area contributed by atoms with Crippen LogP contribution >= 0.6 is 11.8 Å². The van der Waals surface area contributed by atoms with Crippen molar-refractivity contribution in [1.29, 1.82) is 0 Å². The Morgan fingerprint density at radius 1 is 1.04 bits per heavy atom. The van der Waals surface area contributed by atoms with E-state index in [1.807, 2.05) is 17.8 Å². The maximum absolute atomic E-state index is 3.88. The Bertz CT molecular complexity index is 792. The summed E-state index contributed by atoms with van der Waals surface area (Å²) in [5, 5.41) is 0. The molecule has 0 atom stereocenters. The Morgan fingerprint density at radius 3 is 2.52 bits per heavy atom. The number of quaternary nitrogens is 1. The van der Waals surface area contributed by atoms with Crippen molar-refractivity contribution < 1.29 is 21.5 Å². The molecule has 3 heteroatoms. The zero-order chi connectivity index (χ0) is 17.2. The van der Waals surface area contributed by atoms with Crippen molar-refractivity contribution in [3.63, 3.8) is 0 Å². The first-order valence-corrected chi connectivity index (χ1v) is 9.33. The molecule has 0 bridgehead atoms. The van der Waals surface area contributed by atoms with Gasteiger partial charge in [-0.1, -0.05) is 60.3 Å². The van der Waals surface area contributed by atoms with E-state index in [9.17, 15) is 0 Å². The molecule has 0 amide bonds. The maximum atomic E-state index is 3.88. The molecule has 1 aliphatic rings. The molecule has 0 unspecified atom stereocenters. The van der Waals surface area contributed by atoms with Crippen molar-refractivity contribution in [2.75, 3.05) is 27.2 Å².